The average Bonchev–Trinajstić information content (AvgIpc) is 2.85. The van der Waals surface area contributed by atoms with E-state index in [4.69, 9.17) is 23.2 Å². The summed E-state index contributed by atoms with van der Waals surface area (Å²) in [6.07, 6.45) is 2.71. The first kappa shape index (κ1) is 23.9. The molecule has 178 valence electrons. The van der Waals surface area contributed by atoms with Crippen molar-refractivity contribution in [2.75, 3.05) is 6.54 Å². The van der Waals surface area contributed by atoms with E-state index in [1.165, 1.54) is 5.56 Å². The van der Waals surface area contributed by atoms with Crippen molar-refractivity contribution in [3.8, 4) is 0 Å². The van der Waals surface area contributed by atoms with Gasteiger partial charge in [-0.25, -0.2) is 0 Å². The monoisotopic (exact) mass is 502 g/mol. The second-order valence-corrected chi connectivity index (χ2v) is 10.2. The fourth-order valence-corrected chi connectivity index (χ4v) is 5.73. The topological polar surface area (TPSA) is 32.3 Å². The molecule has 0 aliphatic carbocycles. The number of likely N-dealkylation sites (tertiary alicyclic amines) is 1. The van der Waals surface area contributed by atoms with Crippen LogP contribution in [0.3, 0.4) is 0 Å². The molecule has 5 heteroatoms. The average molecular weight is 503 g/mol. The molecule has 1 fully saturated rings. The van der Waals surface area contributed by atoms with Gasteiger partial charge in [-0.3, -0.25) is 9.69 Å². The van der Waals surface area contributed by atoms with Crippen molar-refractivity contribution in [3.63, 3.8) is 0 Å². The maximum absolute atomic E-state index is 13.3. The van der Waals surface area contributed by atoms with Gasteiger partial charge in [0, 0.05) is 40.8 Å². The van der Waals surface area contributed by atoms with Crippen LogP contribution in [0.5, 0.6) is 0 Å². The molecule has 35 heavy (non-hydrogen) atoms. The number of halogens is 2. The Labute approximate surface area is 216 Å². The van der Waals surface area contributed by atoms with Gasteiger partial charge in [0.25, 0.3) is 5.91 Å². The summed E-state index contributed by atoms with van der Waals surface area (Å²) in [6.45, 7) is 1.67. The number of nitrogens with one attached hydrogen (secondary N) is 1. The minimum Gasteiger partial charge on any atom is -0.349 e. The maximum atomic E-state index is 13.3. The summed E-state index contributed by atoms with van der Waals surface area (Å²) >= 11 is 12.5. The standard InChI is InChI=1S/C30H28Cl2N2O/c31-24-15-22(16-25(32)18-24)20-34-14-13-26(19-27(34)17-21-7-2-1-3-8-21)33-30(35)29-12-6-10-23-9-4-5-11-28(23)29/h1-12,15-16,18,26-27H,13-14,17,19-20H2,(H,33,35)/t26-,27+/m0/s1. The van der Waals surface area contributed by atoms with Gasteiger partial charge < -0.3 is 5.32 Å². The van der Waals surface area contributed by atoms with Gasteiger partial charge in [0.05, 0.1) is 0 Å². The number of fused-ring (bicyclic) bond motifs is 1. The Morgan fingerprint density at radius 3 is 2.37 bits per heavy atom. The number of piperidine rings is 1. The first-order valence-corrected chi connectivity index (χ1v) is 12.8. The van der Waals surface area contributed by atoms with Gasteiger partial charge >= 0.3 is 0 Å². The molecule has 4 aromatic rings. The van der Waals surface area contributed by atoms with E-state index in [-0.39, 0.29) is 11.9 Å². The molecular formula is C30H28Cl2N2O. The molecule has 0 unspecified atom stereocenters. The lowest BCUT2D eigenvalue weighted by Gasteiger charge is -2.40. The van der Waals surface area contributed by atoms with Crippen LogP contribution in [0.1, 0.15) is 34.3 Å². The zero-order chi connectivity index (χ0) is 24.2. The molecule has 0 aromatic heterocycles. The van der Waals surface area contributed by atoms with E-state index in [1.54, 1.807) is 6.07 Å². The molecule has 1 aliphatic rings. The normalized spacial score (nSPS) is 18.5. The molecule has 0 bridgehead atoms. The van der Waals surface area contributed by atoms with Crippen molar-refractivity contribution < 1.29 is 4.79 Å². The Bertz CT molecular complexity index is 1300. The van der Waals surface area contributed by atoms with Gasteiger partial charge in [0.15, 0.2) is 0 Å². The predicted octanol–water partition coefficient (Wildman–Crippen LogP) is 7.15. The van der Waals surface area contributed by atoms with E-state index in [9.17, 15) is 4.79 Å². The number of rotatable bonds is 6. The lowest BCUT2D eigenvalue weighted by molar-refractivity contribution is 0.0848. The number of amides is 1. The van der Waals surface area contributed by atoms with Gasteiger partial charge in [0.1, 0.15) is 0 Å². The van der Waals surface area contributed by atoms with Crippen molar-refractivity contribution in [2.45, 2.75) is 37.9 Å². The summed E-state index contributed by atoms with van der Waals surface area (Å²) in [6, 6.07) is 30.7. The molecule has 4 aromatic carbocycles. The number of nitrogens with zero attached hydrogens (tertiary/aromatic N) is 1. The Morgan fingerprint density at radius 1 is 0.857 bits per heavy atom. The summed E-state index contributed by atoms with van der Waals surface area (Å²) < 4.78 is 0. The van der Waals surface area contributed by atoms with Crippen LogP contribution in [0.2, 0.25) is 10.0 Å². The zero-order valence-electron chi connectivity index (χ0n) is 19.5. The highest BCUT2D eigenvalue weighted by Gasteiger charge is 2.30. The first-order chi connectivity index (χ1) is 17.0. The minimum atomic E-state index is 0.000309. The molecular weight excluding hydrogens is 475 g/mol. The molecule has 0 radical (unpaired) electrons. The Hall–Kier alpha value is -2.85. The molecule has 5 rings (SSSR count). The SMILES string of the molecule is O=C(N[C@H]1CCN(Cc2cc(Cl)cc(Cl)c2)[C@H](Cc2ccccc2)C1)c1cccc2ccccc12. The second-order valence-electron chi connectivity index (χ2n) is 9.31. The molecule has 1 heterocycles. The first-order valence-electron chi connectivity index (χ1n) is 12.1. The molecule has 1 aliphatic heterocycles. The summed E-state index contributed by atoms with van der Waals surface area (Å²) in [7, 11) is 0. The van der Waals surface area contributed by atoms with Crippen molar-refractivity contribution >= 4 is 39.9 Å². The highest BCUT2D eigenvalue weighted by atomic mass is 35.5. The van der Waals surface area contributed by atoms with Crippen LogP contribution in [-0.2, 0) is 13.0 Å². The van der Waals surface area contributed by atoms with Gasteiger partial charge in [-0.2, -0.15) is 0 Å². The minimum absolute atomic E-state index is 0.000309. The predicted molar refractivity (Wildman–Crippen MR) is 145 cm³/mol. The van der Waals surface area contributed by atoms with Crippen LogP contribution in [0.15, 0.2) is 91.0 Å². The van der Waals surface area contributed by atoms with Gasteiger partial charge in [-0.1, -0.05) is 89.9 Å². The number of hydrogen-bond acceptors (Lipinski definition) is 2. The highest BCUT2D eigenvalue weighted by Crippen LogP contribution is 2.27. The van der Waals surface area contributed by atoms with E-state index in [0.717, 1.165) is 54.3 Å². The van der Waals surface area contributed by atoms with Gasteiger partial charge in [0.2, 0.25) is 0 Å². The van der Waals surface area contributed by atoms with Crippen LogP contribution in [0.4, 0.5) is 0 Å². The number of carbonyl (C=O) groups is 1. The summed E-state index contributed by atoms with van der Waals surface area (Å²) in [4.78, 5) is 15.8. The van der Waals surface area contributed by atoms with E-state index in [2.05, 4.69) is 34.5 Å². The third kappa shape index (κ3) is 5.87. The third-order valence-electron chi connectivity index (χ3n) is 6.83. The number of benzene rings is 4. The van der Waals surface area contributed by atoms with E-state index in [0.29, 0.717) is 16.1 Å². The van der Waals surface area contributed by atoms with Crippen molar-refractivity contribution in [3.05, 3.63) is 118 Å². The smallest absolute Gasteiger partial charge is 0.252 e. The van der Waals surface area contributed by atoms with E-state index >= 15 is 0 Å². The van der Waals surface area contributed by atoms with Crippen LogP contribution < -0.4 is 5.32 Å². The molecule has 0 saturated carbocycles. The third-order valence-corrected chi connectivity index (χ3v) is 7.27. The van der Waals surface area contributed by atoms with Gasteiger partial charge in [-0.05, 0) is 65.4 Å². The quantitative estimate of drug-likeness (QED) is 0.303. The van der Waals surface area contributed by atoms with Crippen molar-refractivity contribution in [1.82, 2.24) is 10.2 Å². The summed E-state index contributed by atoms with van der Waals surface area (Å²) in [5, 5.41) is 6.72. The zero-order valence-corrected chi connectivity index (χ0v) is 21.0. The Morgan fingerprint density at radius 2 is 1.57 bits per heavy atom. The molecule has 3 nitrogen and oxygen atoms in total. The summed E-state index contributed by atoms with van der Waals surface area (Å²) in [5.41, 5.74) is 3.14. The van der Waals surface area contributed by atoms with Crippen LogP contribution >= 0.6 is 23.2 Å². The lowest BCUT2D eigenvalue weighted by Crippen LogP contribution is -2.50. The van der Waals surface area contributed by atoms with Crippen molar-refractivity contribution in [1.29, 1.82) is 0 Å². The summed E-state index contributed by atoms with van der Waals surface area (Å²) in [5.74, 6) is 0.000309. The van der Waals surface area contributed by atoms with E-state index in [1.807, 2.05) is 60.7 Å². The Kier molecular flexibility index (Phi) is 7.38. The van der Waals surface area contributed by atoms with E-state index < -0.39 is 0 Å². The lowest BCUT2D eigenvalue weighted by atomic mass is 9.91. The fraction of sp³-hybridized carbons (Fsp3) is 0.233. The van der Waals surface area contributed by atoms with Gasteiger partial charge in [-0.15, -0.1) is 0 Å². The fourth-order valence-electron chi connectivity index (χ4n) is 5.16. The molecule has 1 N–H and O–H groups in total. The molecule has 0 spiro atoms. The number of hydrogen-bond donors (Lipinski definition) is 1. The molecule has 2 atom stereocenters. The van der Waals surface area contributed by atoms with Crippen LogP contribution in [0.25, 0.3) is 10.8 Å². The van der Waals surface area contributed by atoms with Crippen LogP contribution in [0, 0.1) is 0 Å². The van der Waals surface area contributed by atoms with Crippen molar-refractivity contribution in [2.24, 2.45) is 0 Å². The maximum Gasteiger partial charge on any atom is 0.252 e. The molecule has 1 amide bonds. The molecule has 1 saturated heterocycles. The second kappa shape index (κ2) is 10.8. The number of carbonyl (C=O) groups excluding carboxylic acids is 1. The Balaban J connectivity index is 1.34. The van der Waals surface area contributed by atoms with Crippen LogP contribution in [-0.4, -0.2) is 29.4 Å². The highest BCUT2D eigenvalue weighted by molar-refractivity contribution is 6.34. The largest absolute Gasteiger partial charge is 0.349 e.